The Bertz CT molecular complexity index is 258. The molecule has 1 aliphatic rings. The van der Waals surface area contributed by atoms with Crippen LogP contribution in [0.3, 0.4) is 0 Å². The van der Waals surface area contributed by atoms with E-state index in [4.69, 9.17) is 10.5 Å². The van der Waals surface area contributed by atoms with Gasteiger partial charge in [-0.2, -0.15) is 0 Å². The van der Waals surface area contributed by atoms with Crippen molar-refractivity contribution in [3.8, 4) is 0 Å². The van der Waals surface area contributed by atoms with Gasteiger partial charge in [0.05, 0.1) is 6.61 Å². The van der Waals surface area contributed by atoms with Crippen LogP contribution in [0.25, 0.3) is 0 Å². The van der Waals surface area contributed by atoms with Gasteiger partial charge in [0.2, 0.25) is 0 Å². The standard InChI is InChI=1S/C13H26N2O2/c1-4-9-15(5-2)11-7-8-13(14,10-11)12(16)17-6-3/h11H,4-10,14H2,1-3H3. The summed E-state index contributed by atoms with van der Waals surface area (Å²) in [7, 11) is 0. The van der Waals surface area contributed by atoms with Crippen LogP contribution in [0.1, 0.15) is 46.5 Å². The van der Waals surface area contributed by atoms with Crippen LogP contribution in [0.2, 0.25) is 0 Å². The number of carbonyl (C=O) groups excluding carboxylic acids is 1. The quantitative estimate of drug-likeness (QED) is 0.718. The Labute approximate surface area is 104 Å². The Hall–Kier alpha value is -0.610. The molecule has 0 saturated heterocycles. The lowest BCUT2D eigenvalue weighted by Gasteiger charge is -2.28. The summed E-state index contributed by atoms with van der Waals surface area (Å²) in [6, 6.07) is 0.439. The van der Waals surface area contributed by atoms with E-state index in [9.17, 15) is 4.79 Å². The first-order valence-corrected chi connectivity index (χ1v) is 6.77. The summed E-state index contributed by atoms with van der Waals surface area (Å²) in [6.07, 6.45) is 3.63. The Morgan fingerprint density at radius 1 is 1.47 bits per heavy atom. The average Bonchev–Trinajstić information content (AvgIpc) is 2.70. The number of hydrogen-bond acceptors (Lipinski definition) is 4. The molecule has 100 valence electrons. The van der Waals surface area contributed by atoms with Gasteiger partial charge in [-0.25, -0.2) is 0 Å². The molecule has 1 rings (SSSR count). The van der Waals surface area contributed by atoms with Gasteiger partial charge in [0, 0.05) is 6.04 Å². The van der Waals surface area contributed by atoms with Crippen LogP contribution in [0.5, 0.6) is 0 Å². The molecule has 0 amide bonds. The number of carbonyl (C=O) groups is 1. The maximum absolute atomic E-state index is 11.8. The van der Waals surface area contributed by atoms with E-state index < -0.39 is 5.54 Å². The Balaban J connectivity index is 2.58. The van der Waals surface area contributed by atoms with Crippen LogP contribution in [0.15, 0.2) is 0 Å². The van der Waals surface area contributed by atoms with E-state index in [2.05, 4.69) is 18.7 Å². The summed E-state index contributed by atoms with van der Waals surface area (Å²) in [5.74, 6) is -0.227. The molecule has 0 aliphatic heterocycles. The van der Waals surface area contributed by atoms with E-state index in [1.807, 2.05) is 6.92 Å². The number of rotatable bonds is 6. The second-order valence-corrected chi connectivity index (χ2v) is 4.90. The zero-order chi connectivity index (χ0) is 12.9. The molecule has 0 spiro atoms. The zero-order valence-electron chi connectivity index (χ0n) is 11.4. The normalized spacial score (nSPS) is 28.6. The number of hydrogen-bond donors (Lipinski definition) is 1. The monoisotopic (exact) mass is 242 g/mol. The van der Waals surface area contributed by atoms with Crippen molar-refractivity contribution in [2.75, 3.05) is 19.7 Å². The Morgan fingerprint density at radius 3 is 2.71 bits per heavy atom. The molecule has 1 aliphatic carbocycles. The van der Waals surface area contributed by atoms with Crippen molar-refractivity contribution in [3.05, 3.63) is 0 Å². The lowest BCUT2D eigenvalue weighted by atomic mass is 9.99. The predicted octanol–water partition coefficient (Wildman–Crippen LogP) is 1.53. The fourth-order valence-corrected chi connectivity index (χ4v) is 2.71. The second kappa shape index (κ2) is 6.36. The van der Waals surface area contributed by atoms with Gasteiger partial charge >= 0.3 is 5.97 Å². The molecule has 0 aromatic heterocycles. The number of esters is 1. The van der Waals surface area contributed by atoms with Gasteiger partial charge in [0.15, 0.2) is 0 Å². The molecule has 17 heavy (non-hydrogen) atoms. The van der Waals surface area contributed by atoms with E-state index in [1.165, 1.54) is 0 Å². The second-order valence-electron chi connectivity index (χ2n) is 4.90. The molecule has 0 bridgehead atoms. The minimum Gasteiger partial charge on any atom is -0.465 e. The number of nitrogens with zero attached hydrogens (tertiary/aromatic N) is 1. The Kier molecular flexibility index (Phi) is 5.40. The molecule has 1 fully saturated rings. The molecule has 0 radical (unpaired) electrons. The van der Waals surface area contributed by atoms with Gasteiger partial charge in [0.1, 0.15) is 5.54 Å². The minimum absolute atomic E-state index is 0.227. The third kappa shape index (κ3) is 3.42. The maximum Gasteiger partial charge on any atom is 0.326 e. The van der Waals surface area contributed by atoms with Gasteiger partial charge in [-0.1, -0.05) is 13.8 Å². The predicted molar refractivity (Wildman–Crippen MR) is 68.7 cm³/mol. The molecule has 2 unspecified atom stereocenters. The summed E-state index contributed by atoms with van der Waals surface area (Å²) in [4.78, 5) is 14.2. The van der Waals surface area contributed by atoms with Crippen molar-refractivity contribution in [1.29, 1.82) is 0 Å². The van der Waals surface area contributed by atoms with E-state index >= 15 is 0 Å². The smallest absolute Gasteiger partial charge is 0.326 e. The third-order valence-electron chi connectivity index (χ3n) is 3.64. The molecule has 2 atom stereocenters. The lowest BCUT2D eigenvalue weighted by molar-refractivity contribution is -0.149. The fraction of sp³-hybridized carbons (Fsp3) is 0.923. The lowest BCUT2D eigenvalue weighted by Crippen LogP contribution is -2.48. The largest absolute Gasteiger partial charge is 0.465 e. The third-order valence-corrected chi connectivity index (χ3v) is 3.64. The van der Waals surface area contributed by atoms with Crippen LogP contribution >= 0.6 is 0 Å². The highest BCUT2D eigenvalue weighted by Gasteiger charge is 2.44. The van der Waals surface area contributed by atoms with E-state index in [-0.39, 0.29) is 5.97 Å². The highest BCUT2D eigenvalue weighted by atomic mass is 16.5. The van der Waals surface area contributed by atoms with Crippen LogP contribution in [-0.2, 0) is 9.53 Å². The fourth-order valence-electron chi connectivity index (χ4n) is 2.71. The van der Waals surface area contributed by atoms with Crippen LogP contribution in [0.4, 0.5) is 0 Å². The van der Waals surface area contributed by atoms with Gasteiger partial charge in [0.25, 0.3) is 0 Å². The molecule has 1 saturated carbocycles. The first-order valence-electron chi connectivity index (χ1n) is 6.77. The van der Waals surface area contributed by atoms with Gasteiger partial charge in [-0.15, -0.1) is 0 Å². The van der Waals surface area contributed by atoms with Crippen molar-refractivity contribution in [2.24, 2.45) is 5.73 Å². The molecular formula is C13H26N2O2. The van der Waals surface area contributed by atoms with Crippen molar-refractivity contribution in [2.45, 2.75) is 58.0 Å². The summed E-state index contributed by atoms with van der Waals surface area (Å²) in [5, 5.41) is 0. The van der Waals surface area contributed by atoms with Crippen molar-refractivity contribution < 1.29 is 9.53 Å². The van der Waals surface area contributed by atoms with Gasteiger partial charge < -0.3 is 15.4 Å². The Morgan fingerprint density at radius 2 is 2.18 bits per heavy atom. The summed E-state index contributed by atoms with van der Waals surface area (Å²) in [5.41, 5.74) is 5.42. The molecule has 0 aromatic carbocycles. The SMILES string of the molecule is CCCN(CC)C1CCC(N)(C(=O)OCC)C1. The van der Waals surface area contributed by atoms with Crippen molar-refractivity contribution in [1.82, 2.24) is 4.90 Å². The molecule has 0 heterocycles. The first-order chi connectivity index (χ1) is 8.07. The van der Waals surface area contributed by atoms with Gasteiger partial charge in [-0.05, 0) is 45.7 Å². The summed E-state index contributed by atoms with van der Waals surface area (Å²) >= 11 is 0. The van der Waals surface area contributed by atoms with Crippen molar-refractivity contribution >= 4 is 5.97 Å². The summed E-state index contributed by atoms with van der Waals surface area (Å²) in [6.45, 7) is 8.69. The first kappa shape index (κ1) is 14.5. The molecule has 0 aromatic rings. The molecule has 4 heteroatoms. The summed E-state index contributed by atoms with van der Waals surface area (Å²) < 4.78 is 5.07. The molecule has 2 N–H and O–H groups in total. The minimum atomic E-state index is -0.748. The van der Waals surface area contributed by atoms with E-state index in [1.54, 1.807) is 0 Å². The zero-order valence-corrected chi connectivity index (χ0v) is 11.4. The van der Waals surface area contributed by atoms with Crippen molar-refractivity contribution in [3.63, 3.8) is 0 Å². The topological polar surface area (TPSA) is 55.6 Å². The highest BCUT2D eigenvalue weighted by molar-refractivity contribution is 5.81. The van der Waals surface area contributed by atoms with E-state index in [0.717, 1.165) is 38.8 Å². The van der Waals surface area contributed by atoms with Gasteiger partial charge in [-0.3, -0.25) is 4.79 Å². The van der Waals surface area contributed by atoms with Crippen LogP contribution in [0, 0.1) is 0 Å². The molecular weight excluding hydrogens is 216 g/mol. The van der Waals surface area contributed by atoms with Crippen LogP contribution < -0.4 is 5.73 Å². The maximum atomic E-state index is 11.8. The number of nitrogens with two attached hydrogens (primary N) is 1. The average molecular weight is 242 g/mol. The highest BCUT2D eigenvalue weighted by Crippen LogP contribution is 2.32. The molecule has 4 nitrogen and oxygen atoms in total. The van der Waals surface area contributed by atoms with Crippen LogP contribution in [-0.4, -0.2) is 42.1 Å². The number of ether oxygens (including phenoxy) is 1. The van der Waals surface area contributed by atoms with E-state index in [0.29, 0.717) is 12.6 Å².